The maximum atomic E-state index is 13.5. The van der Waals surface area contributed by atoms with Gasteiger partial charge < -0.3 is 10.6 Å². The van der Waals surface area contributed by atoms with Crippen molar-refractivity contribution in [1.82, 2.24) is 20.2 Å². The Kier molecular flexibility index (Phi) is 6.01. The van der Waals surface area contributed by atoms with Gasteiger partial charge in [0, 0.05) is 18.7 Å². The highest BCUT2D eigenvalue weighted by Crippen LogP contribution is 2.11. The van der Waals surface area contributed by atoms with E-state index in [9.17, 15) is 18.8 Å². The van der Waals surface area contributed by atoms with Crippen LogP contribution >= 0.6 is 0 Å². The molecule has 0 saturated carbocycles. The van der Waals surface area contributed by atoms with Gasteiger partial charge in [0.25, 0.3) is 11.5 Å². The molecule has 0 aliphatic rings. The zero-order valence-electron chi connectivity index (χ0n) is 16.2. The second-order valence-electron chi connectivity index (χ2n) is 6.72. The number of rotatable bonds is 6. The highest BCUT2D eigenvalue weighted by molar-refractivity contribution is 5.94. The molecule has 1 heterocycles. The zero-order chi connectivity index (χ0) is 21.0. The number of hydrogen-bond acceptors (Lipinski definition) is 4. The number of nitrogens with one attached hydrogen (secondary N) is 2. The number of carbonyl (C=O) groups excluding carboxylic acids is 2. The van der Waals surface area contributed by atoms with Crippen LogP contribution < -0.4 is 16.2 Å². The standard InChI is InChI=1S/C21H21FN4O3/c1-13-6-7-15(10-17(13)22)20(28)24-9-8-23-18(27)11-26-12-25-19-14(2)4-3-5-16(19)21(26)29/h3-7,10,12H,8-9,11H2,1-2H3,(H,23,27)(H,24,28). The molecule has 0 saturated heterocycles. The van der Waals surface area contributed by atoms with E-state index in [0.717, 1.165) is 5.56 Å². The van der Waals surface area contributed by atoms with E-state index in [1.807, 2.05) is 13.0 Å². The fourth-order valence-electron chi connectivity index (χ4n) is 2.87. The Bertz CT molecular complexity index is 1140. The number of fused-ring (bicyclic) bond motifs is 1. The number of para-hydroxylation sites is 1. The lowest BCUT2D eigenvalue weighted by Crippen LogP contribution is -2.37. The first-order valence-corrected chi connectivity index (χ1v) is 9.12. The zero-order valence-corrected chi connectivity index (χ0v) is 16.2. The van der Waals surface area contributed by atoms with E-state index in [4.69, 9.17) is 0 Å². The van der Waals surface area contributed by atoms with Crippen LogP contribution in [0.1, 0.15) is 21.5 Å². The van der Waals surface area contributed by atoms with Crippen molar-refractivity contribution in [3.05, 3.63) is 75.6 Å². The van der Waals surface area contributed by atoms with Gasteiger partial charge in [0.15, 0.2) is 0 Å². The Morgan fingerprint density at radius 1 is 1.07 bits per heavy atom. The van der Waals surface area contributed by atoms with Crippen molar-refractivity contribution >= 4 is 22.7 Å². The molecular weight excluding hydrogens is 375 g/mol. The molecule has 2 amide bonds. The summed E-state index contributed by atoms with van der Waals surface area (Å²) in [6.45, 7) is 3.65. The smallest absolute Gasteiger partial charge is 0.261 e. The molecule has 3 aromatic rings. The SMILES string of the molecule is Cc1ccc(C(=O)NCCNC(=O)Cn2cnc3c(C)cccc3c2=O)cc1F. The van der Waals surface area contributed by atoms with E-state index in [2.05, 4.69) is 15.6 Å². The minimum atomic E-state index is -0.449. The number of nitrogens with zero attached hydrogens (tertiary/aromatic N) is 2. The van der Waals surface area contributed by atoms with Crippen LogP contribution in [0.2, 0.25) is 0 Å². The Balaban J connectivity index is 1.52. The van der Waals surface area contributed by atoms with E-state index in [0.29, 0.717) is 16.5 Å². The lowest BCUT2D eigenvalue weighted by Gasteiger charge is -2.10. The second-order valence-corrected chi connectivity index (χ2v) is 6.72. The highest BCUT2D eigenvalue weighted by Gasteiger charge is 2.10. The first-order chi connectivity index (χ1) is 13.9. The van der Waals surface area contributed by atoms with Gasteiger partial charge in [-0.05, 0) is 43.2 Å². The lowest BCUT2D eigenvalue weighted by atomic mass is 10.1. The molecule has 3 rings (SSSR count). The van der Waals surface area contributed by atoms with Crippen molar-refractivity contribution in [3.63, 3.8) is 0 Å². The van der Waals surface area contributed by atoms with Gasteiger partial charge in [-0.1, -0.05) is 18.2 Å². The first kappa shape index (κ1) is 20.2. The maximum Gasteiger partial charge on any atom is 0.261 e. The molecule has 0 bridgehead atoms. The van der Waals surface area contributed by atoms with Crippen LogP contribution in [0.25, 0.3) is 10.9 Å². The molecule has 8 heteroatoms. The summed E-state index contributed by atoms with van der Waals surface area (Å²) in [5.74, 6) is -1.25. The summed E-state index contributed by atoms with van der Waals surface area (Å²) >= 11 is 0. The maximum absolute atomic E-state index is 13.5. The molecule has 0 unspecified atom stereocenters. The number of amides is 2. The quantitative estimate of drug-likeness (QED) is 0.620. The highest BCUT2D eigenvalue weighted by atomic mass is 19.1. The van der Waals surface area contributed by atoms with Gasteiger partial charge in [-0.15, -0.1) is 0 Å². The van der Waals surface area contributed by atoms with Crippen LogP contribution in [0.5, 0.6) is 0 Å². The predicted molar refractivity (Wildman–Crippen MR) is 107 cm³/mol. The summed E-state index contributed by atoms with van der Waals surface area (Å²) in [4.78, 5) is 40.9. The normalized spacial score (nSPS) is 10.7. The van der Waals surface area contributed by atoms with Gasteiger partial charge in [0.1, 0.15) is 12.4 Å². The predicted octanol–water partition coefficient (Wildman–Crippen LogP) is 1.70. The number of halogens is 1. The number of hydrogen-bond donors (Lipinski definition) is 2. The Morgan fingerprint density at radius 2 is 1.83 bits per heavy atom. The summed E-state index contributed by atoms with van der Waals surface area (Å²) in [5.41, 5.74) is 1.89. The number of benzene rings is 2. The van der Waals surface area contributed by atoms with Crippen molar-refractivity contribution in [2.75, 3.05) is 13.1 Å². The molecule has 0 spiro atoms. The van der Waals surface area contributed by atoms with Crippen LogP contribution in [0.15, 0.2) is 47.5 Å². The van der Waals surface area contributed by atoms with Crippen LogP contribution in [-0.2, 0) is 11.3 Å². The van der Waals surface area contributed by atoms with Gasteiger partial charge in [-0.3, -0.25) is 19.0 Å². The Hall–Kier alpha value is -3.55. The van der Waals surface area contributed by atoms with Gasteiger partial charge in [0.2, 0.25) is 5.91 Å². The largest absolute Gasteiger partial charge is 0.353 e. The molecule has 0 fully saturated rings. The molecule has 2 aromatic carbocycles. The van der Waals surface area contributed by atoms with Gasteiger partial charge >= 0.3 is 0 Å². The lowest BCUT2D eigenvalue weighted by molar-refractivity contribution is -0.121. The summed E-state index contributed by atoms with van der Waals surface area (Å²) in [7, 11) is 0. The third kappa shape index (κ3) is 4.66. The number of carbonyl (C=O) groups is 2. The fraction of sp³-hybridized carbons (Fsp3) is 0.238. The third-order valence-electron chi connectivity index (χ3n) is 4.54. The average Bonchev–Trinajstić information content (AvgIpc) is 2.70. The molecule has 1 aromatic heterocycles. The summed E-state index contributed by atoms with van der Waals surface area (Å²) in [6, 6.07) is 9.55. The van der Waals surface area contributed by atoms with Crippen molar-refractivity contribution in [3.8, 4) is 0 Å². The fourth-order valence-corrected chi connectivity index (χ4v) is 2.87. The Morgan fingerprint density at radius 3 is 2.59 bits per heavy atom. The van der Waals surface area contributed by atoms with E-state index < -0.39 is 11.7 Å². The number of aryl methyl sites for hydroxylation is 2. The van der Waals surface area contributed by atoms with E-state index in [1.54, 1.807) is 19.1 Å². The monoisotopic (exact) mass is 396 g/mol. The molecule has 0 radical (unpaired) electrons. The van der Waals surface area contributed by atoms with Gasteiger partial charge in [-0.2, -0.15) is 0 Å². The van der Waals surface area contributed by atoms with Crippen molar-refractivity contribution in [2.45, 2.75) is 20.4 Å². The van der Waals surface area contributed by atoms with Crippen LogP contribution in [0.3, 0.4) is 0 Å². The first-order valence-electron chi connectivity index (χ1n) is 9.12. The number of aromatic nitrogens is 2. The summed E-state index contributed by atoms with van der Waals surface area (Å²) in [6.07, 6.45) is 1.35. The topological polar surface area (TPSA) is 93.1 Å². The van der Waals surface area contributed by atoms with Crippen molar-refractivity contribution in [2.24, 2.45) is 0 Å². The molecule has 29 heavy (non-hydrogen) atoms. The minimum Gasteiger partial charge on any atom is -0.353 e. The van der Waals surface area contributed by atoms with E-state index in [1.165, 1.54) is 29.1 Å². The third-order valence-corrected chi connectivity index (χ3v) is 4.54. The van der Waals surface area contributed by atoms with Crippen LogP contribution in [-0.4, -0.2) is 34.5 Å². The van der Waals surface area contributed by atoms with E-state index in [-0.39, 0.29) is 36.7 Å². The van der Waals surface area contributed by atoms with Crippen molar-refractivity contribution in [1.29, 1.82) is 0 Å². The molecule has 7 nitrogen and oxygen atoms in total. The molecule has 2 N–H and O–H groups in total. The molecule has 0 aliphatic carbocycles. The average molecular weight is 396 g/mol. The van der Waals surface area contributed by atoms with Gasteiger partial charge in [0.05, 0.1) is 17.2 Å². The van der Waals surface area contributed by atoms with Gasteiger partial charge in [-0.25, -0.2) is 9.37 Å². The second kappa shape index (κ2) is 8.64. The van der Waals surface area contributed by atoms with Crippen molar-refractivity contribution < 1.29 is 14.0 Å². The van der Waals surface area contributed by atoms with Crippen LogP contribution in [0.4, 0.5) is 4.39 Å². The molecule has 0 aliphatic heterocycles. The Labute approximate surface area is 166 Å². The summed E-state index contributed by atoms with van der Waals surface area (Å²) in [5, 5.41) is 5.69. The van der Waals surface area contributed by atoms with Crippen LogP contribution in [0, 0.1) is 19.7 Å². The minimum absolute atomic E-state index is 0.171. The summed E-state index contributed by atoms with van der Waals surface area (Å²) < 4.78 is 14.8. The molecule has 150 valence electrons. The molecule has 0 atom stereocenters. The van der Waals surface area contributed by atoms with E-state index >= 15 is 0 Å². The molecular formula is C21H21FN4O3.